The van der Waals surface area contributed by atoms with Crippen molar-refractivity contribution in [3.63, 3.8) is 0 Å². The van der Waals surface area contributed by atoms with Crippen LogP contribution < -0.4 is 10.6 Å². The number of nitrogens with zero attached hydrogens (tertiary/aromatic N) is 2. The molecule has 0 aliphatic carbocycles. The number of aliphatic imine (C=N–C) groups is 1. The summed E-state index contributed by atoms with van der Waals surface area (Å²) >= 11 is 0. The quantitative estimate of drug-likeness (QED) is 0.300. The number of rotatable bonds is 6. The molecule has 0 saturated heterocycles. The van der Waals surface area contributed by atoms with Crippen LogP contribution in [-0.4, -0.2) is 56.7 Å². The van der Waals surface area contributed by atoms with Crippen molar-refractivity contribution in [2.24, 2.45) is 4.99 Å². The van der Waals surface area contributed by atoms with Crippen LogP contribution in [0.3, 0.4) is 0 Å². The van der Waals surface area contributed by atoms with Crippen molar-refractivity contribution in [3.05, 3.63) is 35.4 Å². The molecule has 134 valence electrons. The first-order valence-electron chi connectivity index (χ1n) is 8.10. The third-order valence-corrected chi connectivity index (χ3v) is 3.80. The Balaban J connectivity index is 0.00000288. The molecule has 0 saturated carbocycles. The second kappa shape index (κ2) is 11.2. The van der Waals surface area contributed by atoms with Crippen molar-refractivity contribution in [1.82, 2.24) is 15.5 Å². The number of hydrogen-bond acceptors (Lipinski definition) is 3. The minimum atomic E-state index is 0. The molecule has 2 N–H and O–H groups in total. The molecule has 1 amide bonds. The van der Waals surface area contributed by atoms with E-state index < -0.39 is 0 Å². The highest BCUT2D eigenvalue weighted by Crippen LogP contribution is 2.18. The van der Waals surface area contributed by atoms with E-state index in [1.165, 1.54) is 11.1 Å². The van der Waals surface area contributed by atoms with E-state index in [9.17, 15) is 4.79 Å². The zero-order chi connectivity index (χ0) is 16.5. The third-order valence-electron chi connectivity index (χ3n) is 3.80. The summed E-state index contributed by atoms with van der Waals surface area (Å²) in [5.41, 5.74) is 2.58. The van der Waals surface area contributed by atoms with Crippen molar-refractivity contribution in [3.8, 4) is 0 Å². The number of carbonyl (C=O) groups excluding carboxylic acids is 1. The zero-order valence-electron chi connectivity index (χ0n) is 14.4. The van der Waals surface area contributed by atoms with E-state index in [4.69, 9.17) is 4.74 Å². The second-order valence-electron chi connectivity index (χ2n) is 5.45. The number of methoxy groups -OCH3 is 1. The van der Waals surface area contributed by atoms with E-state index in [0.29, 0.717) is 25.7 Å². The van der Waals surface area contributed by atoms with E-state index in [1.54, 1.807) is 7.11 Å². The van der Waals surface area contributed by atoms with Gasteiger partial charge >= 0.3 is 0 Å². The topological polar surface area (TPSA) is 66.0 Å². The minimum Gasteiger partial charge on any atom is -0.383 e. The number of fused-ring (bicyclic) bond motifs is 1. The standard InChI is InChI=1S/C17H26N4O2.HI/c1-3-18-17(19-9-11-23-2)20-12-16(22)21-10-8-14-6-4-5-7-15(14)13-21;/h4-7H,3,8-13H2,1-2H3,(H2,18,19,20);1H. The molecular formula is C17H27IN4O2. The Morgan fingerprint density at radius 2 is 2.04 bits per heavy atom. The average molecular weight is 446 g/mol. The van der Waals surface area contributed by atoms with E-state index in [1.807, 2.05) is 17.9 Å². The van der Waals surface area contributed by atoms with Crippen LogP contribution in [0.1, 0.15) is 18.1 Å². The van der Waals surface area contributed by atoms with Gasteiger partial charge in [0.15, 0.2) is 5.96 Å². The lowest BCUT2D eigenvalue weighted by atomic mass is 10.00. The first-order chi connectivity index (χ1) is 11.2. The van der Waals surface area contributed by atoms with Gasteiger partial charge in [-0.3, -0.25) is 4.79 Å². The molecule has 1 aromatic carbocycles. The lowest BCUT2D eigenvalue weighted by molar-refractivity contribution is -0.130. The molecule has 1 aliphatic heterocycles. The van der Waals surface area contributed by atoms with Gasteiger partial charge in [0, 0.05) is 33.3 Å². The molecule has 0 aromatic heterocycles. The van der Waals surface area contributed by atoms with Gasteiger partial charge in [0.05, 0.1) is 6.61 Å². The molecule has 6 nitrogen and oxygen atoms in total. The minimum absolute atomic E-state index is 0. The molecule has 0 bridgehead atoms. The largest absolute Gasteiger partial charge is 0.383 e. The van der Waals surface area contributed by atoms with Crippen molar-refractivity contribution in [2.75, 3.05) is 39.9 Å². The van der Waals surface area contributed by atoms with Crippen LogP contribution in [0, 0.1) is 0 Å². The van der Waals surface area contributed by atoms with Crippen LogP contribution in [0.2, 0.25) is 0 Å². The number of carbonyl (C=O) groups is 1. The molecule has 0 unspecified atom stereocenters. The number of amides is 1. The maximum atomic E-state index is 12.4. The summed E-state index contributed by atoms with van der Waals surface area (Å²) in [6, 6.07) is 8.30. The van der Waals surface area contributed by atoms with E-state index >= 15 is 0 Å². The molecule has 7 heteroatoms. The van der Waals surface area contributed by atoms with Crippen molar-refractivity contribution >= 4 is 35.8 Å². The van der Waals surface area contributed by atoms with Gasteiger partial charge in [0.25, 0.3) is 0 Å². The second-order valence-corrected chi connectivity index (χ2v) is 5.45. The average Bonchev–Trinajstić information content (AvgIpc) is 2.59. The van der Waals surface area contributed by atoms with E-state index in [2.05, 4.69) is 33.8 Å². The summed E-state index contributed by atoms with van der Waals surface area (Å²) in [5.74, 6) is 0.707. The predicted octanol–water partition coefficient (Wildman–Crippen LogP) is 1.39. The Morgan fingerprint density at radius 3 is 2.75 bits per heavy atom. The third kappa shape index (κ3) is 6.27. The fourth-order valence-corrected chi connectivity index (χ4v) is 2.57. The Kier molecular flexibility index (Phi) is 9.70. The molecule has 0 radical (unpaired) electrons. The number of hydrogen-bond donors (Lipinski definition) is 2. The van der Waals surface area contributed by atoms with Gasteiger partial charge in [0.1, 0.15) is 6.54 Å². The molecular weight excluding hydrogens is 419 g/mol. The molecule has 1 aromatic rings. The molecule has 0 spiro atoms. The number of guanidine groups is 1. The van der Waals surface area contributed by atoms with Crippen LogP contribution in [0.4, 0.5) is 0 Å². The first kappa shape index (κ1) is 20.7. The Bertz CT molecular complexity index is 551. The molecule has 1 aliphatic rings. The van der Waals surface area contributed by atoms with Gasteiger partial charge in [-0.2, -0.15) is 0 Å². The number of benzene rings is 1. The SMILES string of the molecule is CCNC(=NCC(=O)N1CCc2ccccc2C1)NCCOC.I. The van der Waals surface area contributed by atoms with Gasteiger partial charge in [-0.05, 0) is 24.5 Å². The summed E-state index contributed by atoms with van der Waals surface area (Å²) in [6.07, 6.45) is 0.914. The molecule has 0 fully saturated rings. The summed E-state index contributed by atoms with van der Waals surface area (Å²) in [4.78, 5) is 18.6. The van der Waals surface area contributed by atoms with Gasteiger partial charge in [-0.15, -0.1) is 24.0 Å². The van der Waals surface area contributed by atoms with Gasteiger partial charge in [-0.25, -0.2) is 4.99 Å². The zero-order valence-corrected chi connectivity index (χ0v) is 16.7. The fourth-order valence-electron chi connectivity index (χ4n) is 2.57. The monoisotopic (exact) mass is 446 g/mol. The number of nitrogens with one attached hydrogen (secondary N) is 2. The Hall–Kier alpha value is -1.35. The van der Waals surface area contributed by atoms with Gasteiger partial charge < -0.3 is 20.3 Å². The molecule has 2 rings (SSSR count). The van der Waals surface area contributed by atoms with Crippen LogP contribution in [-0.2, 0) is 22.5 Å². The first-order valence-corrected chi connectivity index (χ1v) is 8.10. The molecule has 1 heterocycles. The number of halogens is 1. The van der Waals surface area contributed by atoms with Crippen LogP contribution >= 0.6 is 24.0 Å². The summed E-state index contributed by atoms with van der Waals surface area (Å²) in [7, 11) is 1.66. The Labute approximate surface area is 161 Å². The highest BCUT2D eigenvalue weighted by Gasteiger charge is 2.19. The lowest BCUT2D eigenvalue weighted by Gasteiger charge is -2.28. The van der Waals surface area contributed by atoms with Crippen LogP contribution in [0.25, 0.3) is 0 Å². The van der Waals surface area contributed by atoms with Gasteiger partial charge in [0.2, 0.25) is 5.91 Å². The summed E-state index contributed by atoms with van der Waals surface area (Å²) in [6.45, 7) is 5.61. The van der Waals surface area contributed by atoms with Gasteiger partial charge in [-0.1, -0.05) is 24.3 Å². The van der Waals surface area contributed by atoms with Crippen molar-refractivity contribution < 1.29 is 9.53 Å². The van der Waals surface area contributed by atoms with E-state index in [-0.39, 0.29) is 36.4 Å². The normalized spacial score (nSPS) is 13.8. The van der Waals surface area contributed by atoms with Crippen LogP contribution in [0.5, 0.6) is 0 Å². The Morgan fingerprint density at radius 1 is 1.29 bits per heavy atom. The smallest absolute Gasteiger partial charge is 0.244 e. The van der Waals surface area contributed by atoms with Crippen molar-refractivity contribution in [2.45, 2.75) is 19.9 Å². The fraction of sp³-hybridized carbons (Fsp3) is 0.529. The summed E-state index contributed by atoms with van der Waals surface area (Å²) in [5, 5.41) is 6.27. The van der Waals surface area contributed by atoms with Crippen LogP contribution in [0.15, 0.2) is 29.3 Å². The maximum Gasteiger partial charge on any atom is 0.244 e. The maximum absolute atomic E-state index is 12.4. The highest BCUT2D eigenvalue weighted by molar-refractivity contribution is 14.0. The van der Waals surface area contributed by atoms with E-state index in [0.717, 1.165) is 19.5 Å². The molecule has 0 atom stereocenters. The van der Waals surface area contributed by atoms with Crippen molar-refractivity contribution in [1.29, 1.82) is 0 Å². The summed E-state index contributed by atoms with van der Waals surface area (Å²) < 4.78 is 5.00. The predicted molar refractivity (Wildman–Crippen MR) is 107 cm³/mol. The molecule has 24 heavy (non-hydrogen) atoms. The number of ether oxygens (including phenoxy) is 1. The lowest BCUT2D eigenvalue weighted by Crippen LogP contribution is -2.41. The highest BCUT2D eigenvalue weighted by atomic mass is 127.